The highest BCUT2D eigenvalue weighted by molar-refractivity contribution is 7.16. The summed E-state index contributed by atoms with van der Waals surface area (Å²) in [7, 11) is 0. The number of benzene rings is 1. The highest BCUT2D eigenvalue weighted by Crippen LogP contribution is 2.20. The average molecular weight is 324 g/mol. The molecule has 3 heterocycles. The molecule has 1 aliphatic rings. The van der Waals surface area contributed by atoms with Crippen LogP contribution in [0.2, 0.25) is 0 Å². The van der Waals surface area contributed by atoms with Crippen LogP contribution in [-0.4, -0.2) is 47.6 Å². The number of nitrogens with zero attached hydrogens (tertiary/aromatic N) is 4. The maximum Gasteiger partial charge on any atom is 0.0812 e. The van der Waals surface area contributed by atoms with Gasteiger partial charge in [-0.1, -0.05) is 6.07 Å². The molecule has 0 amide bonds. The van der Waals surface area contributed by atoms with Gasteiger partial charge >= 0.3 is 0 Å². The normalized spacial score (nSPS) is 16.1. The minimum atomic E-state index is 1.08. The minimum Gasteiger partial charge on any atom is -0.368 e. The van der Waals surface area contributed by atoms with Crippen molar-refractivity contribution in [1.82, 2.24) is 14.9 Å². The van der Waals surface area contributed by atoms with Crippen LogP contribution in [0.1, 0.15) is 5.56 Å². The Morgan fingerprint density at radius 1 is 1.09 bits per heavy atom. The number of anilines is 1. The fourth-order valence-corrected chi connectivity index (χ4v) is 3.85. The molecule has 0 aliphatic carbocycles. The van der Waals surface area contributed by atoms with Gasteiger partial charge in [0.15, 0.2) is 0 Å². The molecule has 5 heteroatoms. The first-order chi connectivity index (χ1) is 11.4. The lowest BCUT2D eigenvalue weighted by atomic mass is 10.1. The third kappa shape index (κ3) is 3.35. The molecular weight excluding hydrogens is 304 g/mol. The Bertz CT molecular complexity index is 763. The molecule has 4 nitrogen and oxygen atoms in total. The van der Waals surface area contributed by atoms with E-state index in [-0.39, 0.29) is 0 Å². The predicted octanol–water partition coefficient (Wildman–Crippen LogP) is 3.06. The third-order valence-corrected chi connectivity index (χ3v) is 5.29. The molecule has 118 valence electrons. The molecule has 4 rings (SSSR count). The van der Waals surface area contributed by atoms with Crippen molar-refractivity contribution in [1.29, 1.82) is 0 Å². The average Bonchev–Trinajstić information content (AvgIpc) is 3.09. The van der Waals surface area contributed by atoms with E-state index in [1.807, 2.05) is 24.0 Å². The number of hydrogen-bond donors (Lipinski definition) is 0. The fourth-order valence-electron chi connectivity index (χ4n) is 3.11. The Morgan fingerprint density at radius 3 is 2.83 bits per heavy atom. The minimum absolute atomic E-state index is 1.08. The van der Waals surface area contributed by atoms with Gasteiger partial charge in [-0.2, -0.15) is 0 Å². The van der Waals surface area contributed by atoms with E-state index in [4.69, 9.17) is 0 Å². The lowest BCUT2D eigenvalue weighted by Crippen LogP contribution is -2.47. The summed E-state index contributed by atoms with van der Waals surface area (Å²) in [6.07, 6.45) is 4.90. The first-order valence-corrected chi connectivity index (χ1v) is 8.96. The molecule has 1 aromatic carbocycles. The van der Waals surface area contributed by atoms with Gasteiger partial charge in [0.25, 0.3) is 0 Å². The van der Waals surface area contributed by atoms with Crippen LogP contribution < -0.4 is 4.90 Å². The molecule has 1 fully saturated rings. The van der Waals surface area contributed by atoms with Gasteiger partial charge in [0.05, 0.1) is 27.6 Å². The van der Waals surface area contributed by atoms with Gasteiger partial charge < -0.3 is 4.90 Å². The molecule has 0 saturated carbocycles. The second kappa shape index (κ2) is 6.64. The summed E-state index contributed by atoms with van der Waals surface area (Å²) in [5, 5.41) is 0. The molecule has 1 saturated heterocycles. The quantitative estimate of drug-likeness (QED) is 0.738. The van der Waals surface area contributed by atoms with Crippen molar-refractivity contribution in [3.63, 3.8) is 0 Å². The van der Waals surface area contributed by atoms with E-state index in [1.54, 1.807) is 11.3 Å². The van der Waals surface area contributed by atoms with Crippen molar-refractivity contribution in [2.75, 3.05) is 37.6 Å². The number of pyridine rings is 1. The summed E-state index contributed by atoms with van der Waals surface area (Å²) in [6, 6.07) is 10.8. The number of thiazole rings is 1. The third-order valence-electron chi connectivity index (χ3n) is 4.50. The van der Waals surface area contributed by atoms with Gasteiger partial charge in [-0.25, -0.2) is 4.98 Å². The maximum atomic E-state index is 4.34. The standard InChI is InChI=1S/C18H20N4S/c1-2-16(13-19-6-1)22-10-8-21(9-11-22)7-5-15-3-4-17-18(12-15)23-14-20-17/h1-4,6,12-14H,5,7-11H2. The Morgan fingerprint density at radius 2 is 2.00 bits per heavy atom. The van der Waals surface area contributed by atoms with Gasteiger partial charge in [0.2, 0.25) is 0 Å². The van der Waals surface area contributed by atoms with Gasteiger partial charge in [-0.15, -0.1) is 11.3 Å². The van der Waals surface area contributed by atoms with E-state index in [9.17, 15) is 0 Å². The van der Waals surface area contributed by atoms with Crippen LogP contribution in [-0.2, 0) is 6.42 Å². The van der Waals surface area contributed by atoms with Crippen molar-refractivity contribution in [3.05, 3.63) is 53.8 Å². The zero-order chi connectivity index (χ0) is 15.5. The van der Waals surface area contributed by atoms with Crippen LogP contribution >= 0.6 is 11.3 Å². The van der Waals surface area contributed by atoms with E-state index in [1.165, 1.54) is 16.0 Å². The molecule has 0 atom stereocenters. The van der Waals surface area contributed by atoms with Gasteiger partial charge in [-0.3, -0.25) is 9.88 Å². The number of hydrogen-bond acceptors (Lipinski definition) is 5. The second-order valence-electron chi connectivity index (χ2n) is 5.94. The van der Waals surface area contributed by atoms with Crippen LogP contribution in [0, 0.1) is 0 Å². The molecule has 0 radical (unpaired) electrons. The van der Waals surface area contributed by atoms with E-state index in [2.05, 4.69) is 44.0 Å². The summed E-state index contributed by atoms with van der Waals surface area (Å²) in [5.41, 5.74) is 5.69. The van der Waals surface area contributed by atoms with Crippen molar-refractivity contribution in [2.24, 2.45) is 0 Å². The van der Waals surface area contributed by atoms with Crippen molar-refractivity contribution < 1.29 is 0 Å². The highest BCUT2D eigenvalue weighted by Gasteiger charge is 2.16. The zero-order valence-corrected chi connectivity index (χ0v) is 13.9. The summed E-state index contributed by atoms with van der Waals surface area (Å²) in [5.74, 6) is 0. The molecule has 1 aliphatic heterocycles. The predicted molar refractivity (Wildman–Crippen MR) is 96.2 cm³/mol. The van der Waals surface area contributed by atoms with Gasteiger partial charge in [-0.05, 0) is 36.2 Å². The number of fused-ring (bicyclic) bond motifs is 1. The first kappa shape index (κ1) is 14.6. The molecule has 23 heavy (non-hydrogen) atoms. The van der Waals surface area contributed by atoms with E-state index in [0.29, 0.717) is 0 Å². The molecule has 0 bridgehead atoms. The molecular formula is C18H20N4S. The summed E-state index contributed by atoms with van der Waals surface area (Å²) < 4.78 is 1.30. The first-order valence-electron chi connectivity index (χ1n) is 8.08. The van der Waals surface area contributed by atoms with Crippen LogP contribution in [0.3, 0.4) is 0 Å². The number of rotatable bonds is 4. The summed E-state index contributed by atoms with van der Waals surface area (Å²) >= 11 is 1.72. The number of piperazine rings is 1. The molecule has 0 unspecified atom stereocenters. The van der Waals surface area contributed by atoms with Crippen molar-refractivity contribution >= 4 is 27.2 Å². The summed E-state index contributed by atoms with van der Waals surface area (Å²) in [6.45, 7) is 5.54. The molecule has 0 spiro atoms. The highest BCUT2D eigenvalue weighted by atomic mass is 32.1. The van der Waals surface area contributed by atoms with E-state index < -0.39 is 0 Å². The fraction of sp³-hybridized carbons (Fsp3) is 0.333. The number of aromatic nitrogens is 2. The van der Waals surface area contributed by atoms with Crippen LogP contribution in [0.25, 0.3) is 10.2 Å². The Balaban J connectivity index is 1.31. The van der Waals surface area contributed by atoms with Crippen LogP contribution in [0.15, 0.2) is 48.2 Å². The van der Waals surface area contributed by atoms with Gasteiger partial charge in [0, 0.05) is 38.9 Å². The lowest BCUT2D eigenvalue weighted by molar-refractivity contribution is 0.261. The Kier molecular flexibility index (Phi) is 4.22. The SMILES string of the molecule is c1cncc(N2CCN(CCc3ccc4ncsc4c3)CC2)c1. The lowest BCUT2D eigenvalue weighted by Gasteiger charge is -2.35. The maximum absolute atomic E-state index is 4.34. The zero-order valence-electron chi connectivity index (χ0n) is 13.1. The van der Waals surface area contributed by atoms with Crippen LogP contribution in [0.4, 0.5) is 5.69 Å². The Hall–Kier alpha value is -1.98. The molecule has 3 aromatic rings. The van der Waals surface area contributed by atoms with Crippen molar-refractivity contribution in [3.8, 4) is 0 Å². The largest absolute Gasteiger partial charge is 0.368 e. The Labute approximate surface area is 140 Å². The summed E-state index contributed by atoms with van der Waals surface area (Å²) in [4.78, 5) is 13.5. The topological polar surface area (TPSA) is 32.3 Å². The van der Waals surface area contributed by atoms with E-state index in [0.717, 1.165) is 44.7 Å². The second-order valence-corrected chi connectivity index (χ2v) is 6.83. The molecule has 0 N–H and O–H groups in total. The van der Waals surface area contributed by atoms with E-state index >= 15 is 0 Å². The monoisotopic (exact) mass is 324 g/mol. The van der Waals surface area contributed by atoms with Crippen molar-refractivity contribution in [2.45, 2.75) is 6.42 Å². The van der Waals surface area contributed by atoms with Gasteiger partial charge in [0.1, 0.15) is 0 Å². The van der Waals surface area contributed by atoms with Crippen LogP contribution in [0.5, 0.6) is 0 Å². The molecule has 2 aromatic heterocycles. The smallest absolute Gasteiger partial charge is 0.0812 e.